The number of likely N-dealkylation sites (tertiary alicyclic amines) is 1. The van der Waals surface area contributed by atoms with Crippen molar-refractivity contribution in [1.82, 2.24) is 4.90 Å². The molecule has 2 rings (SSSR count). The summed E-state index contributed by atoms with van der Waals surface area (Å²) in [7, 11) is 0. The van der Waals surface area contributed by atoms with Crippen molar-refractivity contribution in [2.45, 2.75) is 26.3 Å². The summed E-state index contributed by atoms with van der Waals surface area (Å²) in [5, 5.41) is 2.92. The lowest BCUT2D eigenvalue weighted by molar-refractivity contribution is 0.174. The Hall–Kier alpha value is -1.55. The van der Waals surface area contributed by atoms with E-state index in [0.717, 1.165) is 24.2 Å². The van der Waals surface area contributed by atoms with Crippen molar-refractivity contribution in [1.29, 1.82) is 0 Å². The zero-order chi connectivity index (χ0) is 13.1. The van der Waals surface area contributed by atoms with E-state index < -0.39 is 0 Å². The fourth-order valence-corrected chi connectivity index (χ4v) is 2.21. The number of hydrogen-bond donors (Lipinski definition) is 2. The SMILES string of the molecule is Cc1cccc(NC(=O)N2CCC(C)C(N)C2)c1. The van der Waals surface area contributed by atoms with Crippen LogP contribution in [0.3, 0.4) is 0 Å². The fraction of sp³-hybridized carbons (Fsp3) is 0.500. The average Bonchev–Trinajstić information content (AvgIpc) is 2.32. The van der Waals surface area contributed by atoms with Crippen molar-refractivity contribution < 1.29 is 4.79 Å². The molecule has 2 atom stereocenters. The second kappa shape index (κ2) is 5.40. The first-order chi connectivity index (χ1) is 8.56. The van der Waals surface area contributed by atoms with Crippen molar-refractivity contribution in [2.75, 3.05) is 18.4 Å². The van der Waals surface area contributed by atoms with E-state index >= 15 is 0 Å². The van der Waals surface area contributed by atoms with Crippen LogP contribution in [-0.2, 0) is 0 Å². The van der Waals surface area contributed by atoms with Gasteiger partial charge < -0.3 is 16.0 Å². The highest BCUT2D eigenvalue weighted by atomic mass is 16.2. The molecule has 18 heavy (non-hydrogen) atoms. The van der Waals surface area contributed by atoms with E-state index in [1.165, 1.54) is 0 Å². The predicted molar refractivity (Wildman–Crippen MR) is 73.5 cm³/mol. The minimum Gasteiger partial charge on any atom is -0.326 e. The van der Waals surface area contributed by atoms with Crippen LogP contribution in [0.1, 0.15) is 18.9 Å². The Morgan fingerprint density at radius 2 is 2.28 bits per heavy atom. The largest absolute Gasteiger partial charge is 0.326 e. The molecule has 2 amide bonds. The maximum atomic E-state index is 12.1. The number of nitrogens with zero attached hydrogens (tertiary/aromatic N) is 1. The first-order valence-electron chi connectivity index (χ1n) is 6.44. The average molecular weight is 247 g/mol. The van der Waals surface area contributed by atoms with Crippen LogP contribution in [0.15, 0.2) is 24.3 Å². The molecule has 4 heteroatoms. The summed E-state index contributed by atoms with van der Waals surface area (Å²) in [5.41, 5.74) is 7.98. The number of nitrogens with one attached hydrogen (secondary N) is 1. The molecule has 1 fully saturated rings. The number of hydrogen-bond acceptors (Lipinski definition) is 2. The molecule has 1 aliphatic rings. The van der Waals surface area contributed by atoms with Crippen LogP contribution >= 0.6 is 0 Å². The Labute approximate surface area is 108 Å². The smallest absolute Gasteiger partial charge is 0.321 e. The lowest BCUT2D eigenvalue weighted by Gasteiger charge is -2.35. The van der Waals surface area contributed by atoms with E-state index in [-0.39, 0.29) is 12.1 Å². The van der Waals surface area contributed by atoms with Gasteiger partial charge in [-0.2, -0.15) is 0 Å². The van der Waals surface area contributed by atoms with Crippen LogP contribution in [0.25, 0.3) is 0 Å². The van der Waals surface area contributed by atoms with Crippen LogP contribution < -0.4 is 11.1 Å². The highest BCUT2D eigenvalue weighted by molar-refractivity contribution is 5.89. The van der Waals surface area contributed by atoms with Gasteiger partial charge >= 0.3 is 6.03 Å². The number of rotatable bonds is 1. The highest BCUT2D eigenvalue weighted by Gasteiger charge is 2.26. The van der Waals surface area contributed by atoms with Crippen LogP contribution in [0.4, 0.5) is 10.5 Å². The van der Waals surface area contributed by atoms with E-state index in [1.807, 2.05) is 31.2 Å². The number of piperidine rings is 1. The number of amides is 2. The van der Waals surface area contributed by atoms with Gasteiger partial charge in [-0.25, -0.2) is 4.79 Å². The van der Waals surface area contributed by atoms with Gasteiger partial charge in [0.15, 0.2) is 0 Å². The molecule has 0 radical (unpaired) electrons. The van der Waals surface area contributed by atoms with Gasteiger partial charge in [-0.1, -0.05) is 19.1 Å². The van der Waals surface area contributed by atoms with Gasteiger partial charge in [-0.3, -0.25) is 0 Å². The van der Waals surface area contributed by atoms with Crippen LogP contribution in [0.5, 0.6) is 0 Å². The number of carbonyl (C=O) groups excluding carboxylic acids is 1. The molecule has 1 heterocycles. The van der Waals surface area contributed by atoms with Crippen molar-refractivity contribution in [2.24, 2.45) is 11.7 Å². The molecule has 1 saturated heterocycles. The van der Waals surface area contributed by atoms with Gasteiger partial charge in [-0.15, -0.1) is 0 Å². The van der Waals surface area contributed by atoms with Gasteiger partial charge in [0.05, 0.1) is 0 Å². The number of anilines is 1. The van der Waals surface area contributed by atoms with Crippen molar-refractivity contribution in [3.63, 3.8) is 0 Å². The quantitative estimate of drug-likeness (QED) is 0.799. The third-order valence-corrected chi connectivity index (χ3v) is 3.57. The van der Waals surface area contributed by atoms with Crippen LogP contribution in [0, 0.1) is 12.8 Å². The molecule has 1 aliphatic heterocycles. The number of nitrogens with two attached hydrogens (primary N) is 1. The summed E-state index contributed by atoms with van der Waals surface area (Å²) in [4.78, 5) is 13.9. The van der Waals surface area contributed by atoms with Gasteiger partial charge in [0.25, 0.3) is 0 Å². The predicted octanol–water partition coefficient (Wildman–Crippen LogP) is 2.20. The summed E-state index contributed by atoms with van der Waals surface area (Å²) in [6.07, 6.45) is 0.975. The lowest BCUT2D eigenvalue weighted by Crippen LogP contribution is -2.50. The molecule has 0 aromatic heterocycles. The Bertz CT molecular complexity index is 433. The second-order valence-corrected chi connectivity index (χ2v) is 5.18. The number of carbonyl (C=O) groups is 1. The Morgan fingerprint density at radius 1 is 1.50 bits per heavy atom. The van der Waals surface area contributed by atoms with Gasteiger partial charge in [0.1, 0.15) is 0 Å². The van der Waals surface area contributed by atoms with E-state index in [4.69, 9.17) is 5.73 Å². The first kappa shape index (κ1) is 12.9. The third-order valence-electron chi connectivity index (χ3n) is 3.57. The third kappa shape index (κ3) is 3.01. The summed E-state index contributed by atoms with van der Waals surface area (Å²) in [6, 6.07) is 7.84. The van der Waals surface area contributed by atoms with Crippen LogP contribution in [0.2, 0.25) is 0 Å². The maximum Gasteiger partial charge on any atom is 0.321 e. The molecule has 1 aromatic rings. The minimum absolute atomic E-state index is 0.0528. The van der Waals surface area contributed by atoms with E-state index in [1.54, 1.807) is 4.90 Å². The maximum absolute atomic E-state index is 12.1. The summed E-state index contributed by atoms with van der Waals surface area (Å²) in [5.74, 6) is 0.494. The Kier molecular flexibility index (Phi) is 3.87. The zero-order valence-corrected chi connectivity index (χ0v) is 11.0. The van der Waals surface area contributed by atoms with Gasteiger partial charge in [-0.05, 0) is 37.0 Å². The lowest BCUT2D eigenvalue weighted by atomic mass is 9.94. The van der Waals surface area contributed by atoms with Gasteiger partial charge in [0.2, 0.25) is 0 Å². The molecule has 2 unspecified atom stereocenters. The van der Waals surface area contributed by atoms with E-state index in [0.29, 0.717) is 12.5 Å². The van der Waals surface area contributed by atoms with Crippen molar-refractivity contribution >= 4 is 11.7 Å². The molecule has 0 saturated carbocycles. The molecular formula is C14H21N3O. The molecular weight excluding hydrogens is 226 g/mol. The minimum atomic E-state index is -0.0528. The molecule has 98 valence electrons. The topological polar surface area (TPSA) is 58.4 Å². The standard InChI is InChI=1S/C14H21N3O/c1-10-4-3-5-12(8-10)16-14(18)17-7-6-11(2)13(15)9-17/h3-5,8,11,13H,6-7,9,15H2,1-2H3,(H,16,18). The number of urea groups is 1. The fourth-order valence-electron chi connectivity index (χ4n) is 2.21. The molecule has 0 aliphatic carbocycles. The van der Waals surface area contributed by atoms with E-state index in [9.17, 15) is 4.79 Å². The molecule has 4 nitrogen and oxygen atoms in total. The summed E-state index contributed by atoms with van der Waals surface area (Å²) in [6.45, 7) is 5.57. The summed E-state index contributed by atoms with van der Waals surface area (Å²) < 4.78 is 0. The molecule has 3 N–H and O–H groups in total. The normalized spacial score (nSPS) is 23.8. The monoisotopic (exact) mass is 247 g/mol. The second-order valence-electron chi connectivity index (χ2n) is 5.18. The van der Waals surface area contributed by atoms with Gasteiger partial charge in [0, 0.05) is 24.8 Å². The van der Waals surface area contributed by atoms with Crippen LogP contribution in [-0.4, -0.2) is 30.1 Å². The van der Waals surface area contributed by atoms with Crippen molar-refractivity contribution in [3.05, 3.63) is 29.8 Å². The first-order valence-corrected chi connectivity index (χ1v) is 6.44. The molecule has 0 bridgehead atoms. The van der Waals surface area contributed by atoms with Crippen molar-refractivity contribution in [3.8, 4) is 0 Å². The zero-order valence-electron chi connectivity index (χ0n) is 11.0. The van der Waals surface area contributed by atoms with E-state index in [2.05, 4.69) is 12.2 Å². The number of benzene rings is 1. The Morgan fingerprint density at radius 3 is 2.94 bits per heavy atom. The summed E-state index contributed by atoms with van der Waals surface area (Å²) >= 11 is 0. The molecule has 1 aromatic carbocycles. The highest BCUT2D eigenvalue weighted by Crippen LogP contribution is 2.17. The number of aryl methyl sites for hydroxylation is 1. The molecule has 0 spiro atoms. The Balaban J connectivity index is 1.96.